The van der Waals surface area contributed by atoms with E-state index in [9.17, 15) is 0 Å². The number of hydrogen-bond donors (Lipinski definition) is 1. The van der Waals surface area contributed by atoms with Crippen molar-refractivity contribution in [3.8, 4) is 0 Å². The molecule has 2 nitrogen and oxygen atoms in total. The van der Waals surface area contributed by atoms with Crippen LogP contribution in [-0.4, -0.2) is 31.1 Å². The molecule has 0 heterocycles. The van der Waals surface area contributed by atoms with Gasteiger partial charge in [0, 0.05) is 18.4 Å². The quantitative estimate of drug-likeness (QED) is 0.788. The molecule has 2 fully saturated rings. The SMILES string of the molecule is CCN(CC)C[C]1[CH][CH][CH][C]1CN.[CH]1[CH][CH][CH][CH]1.[Fe+2]. The molecule has 0 aromatic carbocycles. The molecule has 0 aromatic heterocycles. The zero-order valence-electron chi connectivity index (χ0n) is 11.8. The summed E-state index contributed by atoms with van der Waals surface area (Å²) in [7, 11) is 0. The molecule has 0 unspecified atom stereocenters. The fourth-order valence-electron chi connectivity index (χ4n) is 1.86. The Morgan fingerprint density at radius 3 is 1.74 bits per heavy atom. The van der Waals surface area contributed by atoms with Gasteiger partial charge in [-0.2, -0.15) is 0 Å². The maximum absolute atomic E-state index is 5.64. The maximum atomic E-state index is 5.64. The van der Waals surface area contributed by atoms with Crippen molar-refractivity contribution >= 4 is 0 Å². The van der Waals surface area contributed by atoms with Crippen molar-refractivity contribution in [2.45, 2.75) is 13.8 Å². The second-order valence-corrected chi connectivity index (χ2v) is 4.20. The van der Waals surface area contributed by atoms with E-state index in [4.69, 9.17) is 5.73 Å². The van der Waals surface area contributed by atoms with Gasteiger partial charge >= 0.3 is 17.1 Å². The molecule has 0 spiro atoms. The van der Waals surface area contributed by atoms with Gasteiger partial charge in [0.15, 0.2) is 0 Å². The van der Waals surface area contributed by atoms with Gasteiger partial charge in [-0.05, 0) is 71.0 Å². The largest absolute Gasteiger partial charge is 2.00 e. The van der Waals surface area contributed by atoms with Gasteiger partial charge in [0.25, 0.3) is 0 Å². The predicted molar refractivity (Wildman–Crippen MR) is 77.7 cm³/mol. The van der Waals surface area contributed by atoms with Gasteiger partial charge in [0.1, 0.15) is 0 Å². The van der Waals surface area contributed by atoms with Gasteiger partial charge < -0.3 is 10.6 Å². The molecule has 19 heavy (non-hydrogen) atoms. The minimum absolute atomic E-state index is 0. The Labute approximate surface area is 131 Å². The summed E-state index contributed by atoms with van der Waals surface area (Å²) < 4.78 is 0. The van der Waals surface area contributed by atoms with Gasteiger partial charge in [-0.3, -0.25) is 0 Å². The summed E-state index contributed by atoms with van der Waals surface area (Å²) in [5.41, 5.74) is 5.64. The third kappa shape index (κ3) is 7.70. The summed E-state index contributed by atoms with van der Waals surface area (Å²) in [5, 5.41) is 0. The Bertz CT molecular complexity index is 184. The average Bonchev–Trinajstić information content (AvgIpc) is 3.09. The van der Waals surface area contributed by atoms with E-state index >= 15 is 0 Å². The third-order valence-corrected chi connectivity index (χ3v) is 3.07. The van der Waals surface area contributed by atoms with Gasteiger partial charge in [0.05, 0.1) is 0 Å². The van der Waals surface area contributed by atoms with Crippen LogP contribution in [0.3, 0.4) is 0 Å². The molecule has 2 aliphatic carbocycles. The van der Waals surface area contributed by atoms with E-state index in [-0.39, 0.29) is 17.1 Å². The van der Waals surface area contributed by atoms with Gasteiger partial charge in [-0.25, -0.2) is 0 Å². The standard InChI is InChI=1S/C11H19N2.C5H5.Fe/c1-3-13(4-2)9-11-7-5-6-10(11)8-12;1-2-4-5-3-1;/h5-7H,3-4,8-9,12H2,1-2H3;1-5H;/q;;+2. The molecule has 0 amide bonds. The minimum Gasteiger partial charge on any atom is -0.330 e. The maximum Gasteiger partial charge on any atom is 2.00 e. The molecule has 2 N–H and O–H groups in total. The summed E-state index contributed by atoms with van der Waals surface area (Å²) >= 11 is 0. The van der Waals surface area contributed by atoms with Crippen molar-refractivity contribution in [3.63, 3.8) is 0 Å². The molecule has 2 rings (SSSR count). The summed E-state index contributed by atoms with van der Waals surface area (Å²) in [6.07, 6.45) is 16.4. The first kappa shape index (κ1) is 19.4. The van der Waals surface area contributed by atoms with Crippen LogP contribution in [0.5, 0.6) is 0 Å². The monoisotopic (exact) mass is 300 g/mol. The topological polar surface area (TPSA) is 29.3 Å². The molecule has 0 aromatic rings. The second kappa shape index (κ2) is 12.2. The Balaban J connectivity index is 0.000000454. The molecule has 0 atom stereocenters. The van der Waals surface area contributed by atoms with Gasteiger partial charge in [0.2, 0.25) is 0 Å². The number of nitrogens with two attached hydrogens (primary N) is 1. The van der Waals surface area contributed by atoms with E-state index in [0.717, 1.165) is 19.6 Å². The van der Waals surface area contributed by atoms with Crippen LogP contribution in [0.25, 0.3) is 0 Å². The Morgan fingerprint density at radius 1 is 0.842 bits per heavy atom. The summed E-state index contributed by atoms with van der Waals surface area (Å²) in [6, 6.07) is 0. The zero-order valence-corrected chi connectivity index (χ0v) is 12.9. The van der Waals surface area contributed by atoms with Crippen molar-refractivity contribution in [1.29, 1.82) is 0 Å². The van der Waals surface area contributed by atoms with E-state index in [1.807, 2.05) is 32.1 Å². The fourth-order valence-corrected chi connectivity index (χ4v) is 1.86. The van der Waals surface area contributed by atoms with Gasteiger partial charge in [-0.15, -0.1) is 0 Å². The summed E-state index contributed by atoms with van der Waals surface area (Å²) in [4.78, 5) is 2.40. The average molecular weight is 300 g/mol. The summed E-state index contributed by atoms with van der Waals surface area (Å²) in [6.45, 7) is 8.27. The molecule has 0 bridgehead atoms. The predicted octanol–water partition coefficient (Wildman–Crippen LogP) is 2.08. The van der Waals surface area contributed by atoms with Crippen LogP contribution in [0.4, 0.5) is 0 Å². The van der Waals surface area contributed by atoms with Crippen LogP contribution in [-0.2, 0) is 17.1 Å². The molecule has 3 heteroatoms. The molecule has 104 valence electrons. The first-order valence-corrected chi connectivity index (χ1v) is 6.64. The fraction of sp³-hybridized carbons (Fsp3) is 0.375. The summed E-state index contributed by atoms with van der Waals surface area (Å²) in [5.74, 6) is 2.66. The van der Waals surface area contributed by atoms with Crippen molar-refractivity contribution < 1.29 is 17.1 Å². The normalized spacial score (nSPS) is 20.2. The van der Waals surface area contributed by atoms with Gasteiger partial charge in [-0.1, -0.05) is 13.8 Å². The molecule has 0 aliphatic heterocycles. The van der Waals surface area contributed by atoms with E-state index < -0.39 is 0 Å². The van der Waals surface area contributed by atoms with Crippen LogP contribution >= 0.6 is 0 Å². The second-order valence-electron chi connectivity index (χ2n) is 4.20. The molecule has 2 saturated carbocycles. The molecule has 0 saturated heterocycles. The Morgan fingerprint density at radius 2 is 1.32 bits per heavy atom. The van der Waals surface area contributed by atoms with Crippen molar-refractivity contribution in [2.75, 3.05) is 26.2 Å². The Kier molecular flexibility index (Phi) is 12.5. The minimum atomic E-state index is 0. The first-order chi connectivity index (χ1) is 8.81. The molecule has 2 aliphatic rings. The third-order valence-electron chi connectivity index (χ3n) is 3.07. The molecule has 10 radical (unpaired) electrons. The molecular weight excluding hydrogens is 276 g/mol. The Hall–Kier alpha value is 0.439. The first-order valence-electron chi connectivity index (χ1n) is 6.64. The van der Waals surface area contributed by atoms with Crippen molar-refractivity contribution in [3.05, 3.63) is 63.2 Å². The van der Waals surface area contributed by atoms with Crippen LogP contribution in [0, 0.1) is 63.2 Å². The van der Waals surface area contributed by atoms with E-state index in [2.05, 4.69) is 38.0 Å². The van der Waals surface area contributed by atoms with Crippen LogP contribution in [0.1, 0.15) is 13.8 Å². The van der Waals surface area contributed by atoms with Crippen LogP contribution < -0.4 is 5.73 Å². The number of nitrogens with zero attached hydrogens (tertiary/aromatic N) is 1. The van der Waals surface area contributed by atoms with Crippen LogP contribution in [0.2, 0.25) is 0 Å². The zero-order chi connectivity index (χ0) is 13.2. The number of rotatable bonds is 5. The van der Waals surface area contributed by atoms with Crippen molar-refractivity contribution in [2.24, 2.45) is 5.73 Å². The number of hydrogen-bond acceptors (Lipinski definition) is 2. The van der Waals surface area contributed by atoms with E-state index in [1.54, 1.807) is 0 Å². The van der Waals surface area contributed by atoms with E-state index in [1.165, 1.54) is 11.8 Å². The van der Waals surface area contributed by atoms with E-state index in [0.29, 0.717) is 6.54 Å². The smallest absolute Gasteiger partial charge is 0.330 e. The van der Waals surface area contributed by atoms with Crippen LogP contribution in [0.15, 0.2) is 0 Å². The molecular formula is C16H24FeN2+2. The van der Waals surface area contributed by atoms with Crippen molar-refractivity contribution in [1.82, 2.24) is 4.90 Å².